The number of nitro benzene ring substituents is 1. The Morgan fingerprint density at radius 1 is 1.48 bits per heavy atom. The fraction of sp³-hybridized carbons (Fsp3) is 0.500. The van der Waals surface area contributed by atoms with E-state index < -0.39 is 4.92 Å². The monoisotopic (exact) mass is 347 g/mol. The predicted octanol–water partition coefficient (Wildman–Crippen LogP) is 2.08. The van der Waals surface area contributed by atoms with E-state index in [-0.39, 0.29) is 17.7 Å². The summed E-state index contributed by atoms with van der Waals surface area (Å²) in [5, 5.41) is 13.8. The molecule has 7 heteroatoms. The largest absolute Gasteiger partial charge is 0.374 e. The first kappa shape index (κ1) is 19.1. The molecule has 0 aliphatic carbocycles. The molecular weight excluding hydrogens is 322 g/mol. The number of hydrogen-bond donors (Lipinski definition) is 1. The molecule has 1 atom stereocenters. The molecule has 1 aromatic rings. The van der Waals surface area contributed by atoms with Crippen LogP contribution in [-0.4, -0.2) is 54.6 Å². The lowest BCUT2D eigenvalue weighted by atomic mass is 10.1. The Hall–Kier alpha value is -2.25. The number of para-hydroxylation sites is 1. The molecule has 7 nitrogen and oxygen atoms in total. The molecule has 1 aliphatic heterocycles. The molecule has 0 saturated carbocycles. The van der Waals surface area contributed by atoms with E-state index in [9.17, 15) is 14.9 Å². The molecule has 1 N–H and O–H groups in total. The number of carbonyl (C=O) groups excluding carboxylic acids is 1. The summed E-state index contributed by atoms with van der Waals surface area (Å²) in [4.78, 5) is 24.8. The number of nitrogens with one attached hydrogen (secondary N) is 1. The van der Waals surface area contributed by atoms with Gasteiger partial charge in [-0.3, -0.25) is 19.8 Å². The molecular formula is C18H25N3O4. The molecule has 136 valence electrons. The number of amides is 1. The highest BCUT2D eigenvalue weighted by atomic mass is 16.6. The van der Waals surface area contributed by atoms with Crippen LogP contribution in [0.15, 0.2) is 30.3 Å². The van der Waals surface area contributed by atoms with Crippen molar-refractivity contribution in [3.05, 3.63) is 46.0 Å². The van der Waals surface area contributed by atoms with Crippen LogP contribution in [-0.2, 0) is 9.53 Å². The zero-order valence-electron chi connectivity index (χ0n) is 14.7. The second-order valence-corrected chi connectivity index (χ2v) is 6.54. The first-order valence-corrected chi connectivity index (χ1v) is 8.49. The second kappa shape index (κ2) is 9.29. The van der Waals surface area contributed by atoms with E-state index in [0.717, 1.165) is 19.6 Å². The van der Waals surface area contributed by atoms with E-state index in [1.807, 2.05) is 0 Å². The van der Waals surface area contributed by atoms with Crippen molar-refractivity contribution in [3.8, 4) is 0 Å². The maximum Gasteiger partial charge on any atom is 0.276 e. The Balaban J connectivity index is 1.83. The molecule has 1 aliphatic rings. The molecule has 1 unspecified atom stereocenters. The van der Waals surface area contributed by atoms with E-state index in [1.165, 1.54) is 18.2 Å². The maximum absolute atomic E-state index is 12.0. The van der Waals surface area contributed by atoms with Gasteiger partial charge in [-0.1, -0.05) is 26.0 Å². The third-order valence-electron chi connectivity index (χ3n) is 3.90. The predicted molar refractivity (Wildman–Crippen MR) is 96.2 cm³/mol. The molecule has 0 spiro atoms. The fourth-order valence-electron chi connectivity index (χ4n) is 2.82. The zero-order valence-corrected chi connectivity index (χ0v) is 14.7. The number of hydrogen-bond acceptors (Lipinski definition) is 5. The van der Waals surface area contributed by atoms with Gasteiger partial charge in [0.1, 0.15) is 0 Å². The quantitative estimate of drug-likeness (QED) is 0.464. The van der Waals surface area contributed by atoms with Crippen LogP contribution in [0.5, 0.6) is 0 Å². The highest BCUT2D eigenvalue weighted by Crippen LogP contribution is 2.18. The standard InChI is InChI=1S/C18H25N3O4/c1-14(2)12-20-9-10-25-16(13-20)11-19-18(22)8-7-15-5-3-4-6-17(15)21(23)24/h3-8,14,16H,9-13H2,1-2H3,(H,19,22)/b8-7+. The first-order valence-electron chi connectivity index (χ1n) is 8.49. The Morgan fingerprint density at radius 2 is 2.24 bits per heavy atom. The van der Waals surface area contributed by atoms with E-state index in [4.69, 9.17) is 4.74 Å². The van der Waals surface area contributed by atoms with E-state index in [2.05, 4.69) is 24.1 Å². The normalized spacial score (nSPS) is 18.6. The zero-order chi connectivity index (χ0) is 18.2. The molecule has 1 amide bonds. The smallest absolute Gasteiger partial charge is 0.276 e. The number of benzene rings is 1. The minimum absolute atomic E-state index is 0.0218. The minimum Gasteiger partial charge on any atom is -0.374 e. The van der Waals surface area contributed by atoms with Gasteiger partial charge in [0.25, 0.3) is 5.69 Å². The van der Waals surface area contributed by atoms with Crippen LogP contribution in [0.1, 0.15) is 19.4 Å². The van der Waals surface area contributed by atoms with Crippen LogP contribution < -0.4 is 5.32 Å². The Morgan fingerprint density at radius 3 is 2.96 bits per heavy atom. The van der Waals surface area contributed by atoms with E-state index in [1.54, 1.807) is 18.2 Å². The van der Waals surface area contributed by atoms with Gasteiger partial charge in [-0.05, 0) is 18.1 Å². The lowest BCUT2D eigenvalue weighted by molar-refractivity contribution is -0.385. The number of morpholine rings is 1. The van der Waals surface area contributed by atoms with Crippen molar-refractivity contribution in [1.82, 2.24) is 10.2 Å². The summed E-state index contributed by atoms with van der Waals surface area (Å²) in [7, 11) is 0. The Labute approximate surface area is 147 Å². The summed E-state index contributed by atoms with van der Waals surface area (Å²) in [5.41, 5.74) is 0.381. The van der Waals surface area contributed by atoms with Crippen LogP contribution in [0, 0.1) is 16.0 Å². The summed E-state index contributed by atoms with van der Waals surface area (Å²) in [6, 6.07) is 6.31. The molecule has 2 rings (SSSR count). The highest BCUT2D eigenvalue weighted by molar-refractivity contribution is 5.92. The van der Waals surface area contributed by atoms with Crippen LogP contribution in [0.4, 0.5) is 5.69 Å². The number of nitrogens with zero attached hydrogens (tertiary/aromatic N) is 2. The number of ether oxygens (including phenoxy) is 1. The summed E-state index contributed by atoms with van der Waals surface area (Å²) in [5.74, 6) is 0.306. The van der Waals surface area contributed by atoms with Gasteiger partial charge in [-0.2, -0.15) is 0 Å². The topological polar surface area (TPSA) is 84.7 Å². The average Bonchev–Trinajstić information content (AvgIpc) is 2.58. The van der Waals surface area contributed by atoms with E-state index >= 15 is 0 Å². The van der Waals surface area contributed by atoms with Gasteiger partial charge in [-0.15, -0.1) is 0 Å². The summed E-state index contributed by atoms with van der Waals surface area (Å²) >= 11 is 0. The van der Waals surface area contributed by atoms with Gasteiger partial charge in [0.15, 0.2) is 0 Å². The Bertz CT molecular complexity index is 631. The van der Waals surface area contributed by atoms with Gasteiger partial charge in [0, 0.05) is 38.3 Å². The van der Waals surface area contributed by atoms with Crippen molar-refractivity contribution in [3.63, 3.8) is 0 Å². The van der Waals surface area contributed by atoms with Crippen molar-refractivity contribution in [2.24, 2.45) is 5.92 Å². The number of carbonyl (C=O) groups is 1. The van der Waals surface area contributed by atoms with E-state index in [0.29, 0.717) is 24.6 Å². The van der Waals surface area contributed by atoms with Crippen molar-refractivity contribution < 1.29 is 14.5 Å². The molecule has 0 bridgehead atoms. The molecule has 1 aromatic carbocycles. The van der Waals surface area contributed by atoms with Crippen LogP contribution >= 0.6 is 0 Å². The lowest BCUT2D eigenvalue weighted by Gasteiger charge is -2.33. The van der Waals surface area contributed by atoms with Gasteiger partial charge >= 0.3 is 0 Å². The van der Waals surface area contributed by atoms with Crippen LogP contribution in [0.2, 0.25) is 0 Å². The van der Waals surface area contributed by atoms with Crippen molar-refractivity contribution in [2.75, 3.05) is 32.8 Å². The first-order chi connectivity index (χ1) is 12.0. The van der Waals surface area contributed by atoms with Crippen molar-refractivity contribution in [2.45, 2.75) is 20.0 Å². The molecule has 1 saturated heterocycles. The third-order valence-corrected chi connectivity index (χ3v) is 3.90. The second-order valence-electron chi connectivity index (χ2n) is 6.54. The van der Waals surface area contributed by atoms with Crippen molar-refractivity contribution >= 4 is 17.7 Å². The minimum atomic E-state index is -0.462. The molecule has 25 heavy (non-hydrogen) atoms. The molecule has 1 fully saturated rings. The van der Waals surface area contributed by atoms with Crippen LogP contribution in [0.25, 0.3) is 6.08 Å². The van der Waals surface area contributed by atoms with Crippen LogP contribution in [0.3, 0.4) is 0 Å². The average molecular weight is 347 g/mol. The Kier molecular flexibility index (Phi) is 7.09. The summed E-state index contributed by atoms with van der Waals surface area (Å²) < 4.78 is 5.68. The SMILES string of the molecule is CC(C)CN1CCOC(CNC(=O)/C=C/c2ccccc2[N+](=O)[O-])C1. The molecule has 1 heterocycles. The summed E-state index contributed by atoms with van der Waals surface area (Å²) in [6.45, 7) is 8.19. The van der Waals surface area contributed by atoms with Gasteiger partial charge < -0.3 is 10.1 Å². The lowest BCUT2D eigenvalue weighted by Crippen LogP contribution is -2.48. The third kappa shape index (κ3) is 6.28. The van der Waals surface area contributed by atoms with Gasteiger partial charge in [0.05, 0.1) is 23.2 Å². The maximum atomic E-state index is 12.0. The highest BCUT2D eigenvalue weighted by Gasteiger charge is 2.21. The molecule has 0 radical (unpaired) electrons. The number of nitro groups is 1. The number of rotatable bonds is 7. The summed E-state index contributed by atoms with van der Waals surface area (Å²) in [6.07, 6.45) is 2.74. The fourth-order valence-corrected chi connectivity index (χ4v) is 2.82. The molecule has 0 aromatic heterocycles. The van der Waals surface area contributed by atoms with Gasteiger partial charge in [0.2, 0.25) is 5.91 Å². The van der Waals surface area contributed by atoms with Crippen molar-refractivity contribution in [1.29, 1.82) is 0 Å². The van der Waals surface area contributed by atoms with Gasteiger partial charge in [-0.25, -0.2) is 0 Å².